The average molecular weight is 373 g/mol. The molecule has 0 amide bonds. The Bertz CT molecular complexity index is 592. The van der Waals surface area contributed by atoms with Crippen LogP contribution in [0, 0.1) is 23.6 Å². The zero-order chi connectivity index (χ0) is 19.1. The molecule has 0 spiro atoms. The number of aliphatic hydroxyl groups is 1. The summed E-state index contributed by atoms with van der Waals surface area (Å²) in [5.41, 5.74) is 1.93. The van der Waals surface area contributed by atoms with E-state index in [1.807, 2.05) is 6.07 Å². The van der Waals surface area contributed by atoms with Gasteiger partial charge in [0.25, 0.3) is 0 Å². The van der Waals surface area contributed by atoms with Crippen LogP contribution in [0.2, 0.25) is 0 Å². The van der Waals surface area contributed by atoms with Crippen LogP contribution in [0.4, 0.5) is 4.39 Å². The standard InChI is InChI=1S/C25H37FO/c1-2-3-5-19-7-9-20(10-8-19)21-11-13-22(14-12-21)24-16-15-23(6-4-17-27)25(26)18-24/h3,5,15-16,18-22,27H,2,4,6-14,17H2,1H3/b5-3+. The molecule has 1 aromatic carbocycles. The molecular weight excluding hydrogens is 335 g/mol. The van der Waals surface area contributed by atoms with Gasteiger partial charge >= 0.3 is 0 Å². The van der Waals surface area contributed by atoms with Gasteiger partial charge in [0.05, 0.1) is 0 Å². The molecule has 1 nitrogen and oxygen atoms in total. The predicted octanol–water partition coefficient (Wildman–Crippen LogP) is 6.80. The van der Waals surface area contributed by atoms with E-state index in [0.717, 1.165) is 29.7 Å². The fourth-order valence-corrected chi connectivity index (χ4v) is 5.35. The first kappa shape index (κ1) is 20.6. The van der Waals surface area contributed by atoms with Crippen LogP contribution in [-0.2, 0) is 6.42 Å². The first-order chi connectivity index (χ1) is 13.2. The van der Waals surface area contributed by atoms with Crippen molar-refractivity contribution >= 4 is 0 Å². The summed E-state index contributed by atoms with van der Waals surface area (Å²) in [6, 6.07) is 5.84. The van der Waals surface area contributed by atoms with Crippen LogP contribution in [-0.4, -0.2) is 11.7 Å². The quantitative estimate of drug-likeness (QED) is 0.522. The lowest BCUT2D eigenvalue weighted by Gasteiger charge is -2.37. The summed E-state index contributed by atoms with van der Waals surface area (Å²) in [5, 5.41) is 8.94. The maximum Gasteiger partial charge on any atom is 0.126 e. The van der Waals surface area contributed by atoms with Gasteiger partial charge in [0.2, 0.25) is 0 Å². The van der Waals surface area contributed by atoms with E-state index in [9.17, 15) is 4.39 Å². The molecule has 0 heterocycles. The van der Waals surface area contributed by atoms with Gasteiger partial charge < -0.3 is 5.11 Å². The van der Waals surface area contributed by atoms with Crippen LogP contribution in [0.25, 0.3) is 0 Å². The molecule has 0 saturated heterocycles. The van der Waals surface area contributed by atoms with E-state index in [4.69, 9.17) is 5.11 Å². The minimum Gasteiger partial charge on any atom is -0.396 e. The van der Waals surface area contributed by atoms with Crippen molar-refractivity contribution in [3.05, 3.63) is 47.3 Å². The SMILES string of the molecule is CC/C=C/C1CCC(C2CCC(c3ccc(CCCO)c(F)c3)CC2)CC1. The third-order valence-electron chi connectivity index (χ3n) is 7.05. The minimum absolute atomic E-state index is 0.0819. The number of benzene rings is 1. The zero-order valence-electron chi connectivity index (χ0n) is 17.0. The highest BCUT2D eigenvalue weighted by atomic mass is 19.1. The maximum absolute atomic E-state index is 14.3. The van der Waals surface area contributed by atoms with Gasteiger partial charge in [0, 0.05) is 6.61 Å². The highest BCUT2D eigenvalue weighted by Gasteiger charge is 2.30. The Morgan fingerprint density at radius 3 is 2.26 bits per heavy atom. The number of aryl methyl sites for hydroxylation is 1. The Hall–Kier alpha value is -1.15. The van der Waals surface area contributed by atoms with Crippen molar-refractivity contribution in [2.24, 2.45) is 17.8 Å². The largest absolute Gasteiger partial charge is 0.396 e. The molecule has 2 aliphatic rings. The van der Waals surface area contributed by atoms with Gasteiger partial charge in [-0.25, -0.2) is 4.39 Å². The summed E-state index contributed by atoms with van der Waals surface area (Å²) in [6.45, 7) is 2.34. The molecule has 150 valence electrons. The number of halogens is 1. The Labute approximate surface area is 165 Å². The molecular formula is C25H37FO. The summed E-state index contributed by atoms with van der Waals surface area (Å²) >= 11 is 0. The van der Waals surface area contributed by atoms with E-state index < -0.39 is 0 Å². The molecule has 3 rings (SSSR count). The summed E-state index contributed by atoms with van der Waals surface area (Å²) in [4.78, 5) is 0. The van der Waals surface area contributed by atoms with Crippen LogP contribution >= 0.6 is 0 Å². The highest BCUT2D eigenvalue weighted by molar-refractivity contribution is 5.27. The van der Waals surface area contributed by atoms with Crippen LogP contribution in [0.15, 0.2) is 30.4 Å². The summed E-state index contributed by atoms with van der Waals surface area (Å²) < 4.78 is 14.3. The summed E-state index contributed by atoms with van der Waals surface area (Å²) in [6.07, 6.45) is 17.9. The van der Waals surface area contributed by atoms with Crippen molar-refractivity contribution in [2.45, 2.75) is 83.5 Å². The Morgan fingerprint density at radius 2 is 1.67 bits per heavy atom. The summed E-state index contributed by atoms with van der Waals surface area (Å²) in [7, 11) is 0. The van der Waals surface area contributed by atoms with Crippen molar-refractivity contribution in [1.82, 2.24) is 0 Å². The Balaban J connectivity index is 1.48. The van der Waals surface area contributed by atoms with Gasteiger partial charge in [-0.15, -0.1) is 0 Å². The number of hydrogen-bond acceptors (Lipinski definition) is 1. The van der Waals surface area contributed by atoms with E-state index in [0.29, 0.717) is 18.8 Å². The fourth-order valence-electron chi connectivity index (χ4n) is 5.35. The highest BCUT2D eigenvalue weighted by Crippen LogP contribution is 2.44. The molecule has 2 heteroatoms. The Kier molecular flexibility index (Phi) is 7.93. The lowest BCUT2D eigenvalue weighted by Crippen LogP contribution is -2.25. The molecule has 1 N–H and O–H groups in total. The van der Waals surface area contributed by atoms with E-state index >= 15 is 0 Å². The molecule has 0 aliphatic heterocycles. The number of rotatable bonds is 7. The van der Waals surface area contributed by atoms with Gasteiger partial charge in [-0.05, 0) is 111 Å². The molecule has 2 saturated carbocycles. The third kappa shape index (κ3) is 5.67. The molecule has 0 bridgehead atoms. The van der Waals surface area contributed by atoms with Gasteiger partial charge in [0.15, 0.2) is 0 Å². The summed E-state index contributed by atoms with van der Waals surface area (Å²) in [5.74, 6) is 3.10. The smallest absolute Gasteiger partial charge is 0.126 e. The predicted molar refractivity (Wildman–Crippen MR) is 111 cm³/mol. The second kappa shape index (κ2) is 10.4. The first-order valence-electron chi connectivity index (χ1n) is 11.3. The minimum atomic E-state index is -0.0819. The van der Waals surface area contributed by atoms with Crippen molar-refractivity contribution < 1.29 is 9.50 Å². The average Bonchev–Trinajstić information content (AvgIpc) is 2.72. The van der Waals surface area contributed by atoms with E-state index in [1.165, 1.54) is 56.9 Å². The zero-order valence-corrected chi connectivity index (χ0v) is 17.0. The number of hydrogen-bond donors (Lipinski definition) is 1. The van der Waals surface area contributed by atoms with Crippen LogP contribution in [0.3, 0.4) is 0 Å². The lowest BCUT2D eigenvalue weighted by atomic mass is 9.68. The van der Waals surface area contributed by atoms with Crippen molar-refractivity contribution in [1.29, 1.82) is 0 Å². The fraction of sp³-hybridized carbons (Fsp3) is 0.680. The lowest BCUT2D eigenvalue weighted by molar-refractivity contribution is 0.171. The topological polar surface area (TPSA) is 20.2 Å². The molecule has 0 atom stereocenters. The molecule has 1 aromatic rings. The molecule has 0 unspecified atom stereocenters. The monoisotopic (exact) mass is 372 g/mol. The molecule has 2 aliphatic carbocycles. The van der Waals surface area contributed by atoms with Crippen molar-refractivity contribution in [3.63, 3.8) is 0 Å². The molecule has 0 radical (unpaired) electrons. The van der Waals surface area contributed by atoms with Crippen molar-refractivity contribution in [2.75, 3.05) is 6.61 Å². The second-order valence-electron chi connectivity index (χ2n) is 8.80. The molecule has 2 fully saturated rings. The van der Waals surface area contributed by atoms with Gasteiger partial charge in [-0.3, -0.25) is 0 Å². The van der Waals surface area contributed by atoms with Crippen molar-refractivity contribution in [3.8, 4) is 0 Å². The maximum atomic E-state index is 14.3. The Morgan fingerprint density at radius 1 is 1.00 bits per heavy atom. The number of aliphatic hydroxyl groups excluding tert-OH is 1. The van der Waals surface area contributed by atoms with Crippen LogP contribution in [0.1, 0.15) is 88.2 Å². The normalized spacial score (nSPS) is 29.3. The van der Waals surface area contributed by atoms with Crippen LogP contribution in [0.5, 0.6) is 0 Å². The van der Waals surface area contributed by atoms with Gasteiger partial charge in [0.1, 0.15) is 5.82 Å². The second-order valence-corrected chi connectivity index (χ2v) is 8.80. The van der Waals surface area contributed by atoms with E-state index in [1.54, 1.807) is 6.07 Å². The van der Waals surface area contributed by atoms with E-state index in [2.05, 4.69) is 25.1 Å². The van der Waals surface area contributed by atoms with Gasteiger partial charge in [-0.2, -0.15) is 0 Å². The van der Waals surface area contributed by atoms with Gasteiger partial charge in [-0.1, -0.05) is 31.2 Å². The molecule has 0 aromatic heterocycles. The number of allylic oxidation sites excluding steroid dienone is 2. The molecule has 27 heavy (non-hydrogen) atoms. The van der Waals surface area contributed by atoms with Crippen LogP contribution < -0.4 is 0 Å². The van der Waals surface area contributed by atoms with E-state index in [-0.39, 0.29) is 12.4 Å². The third-order valence-corrected chi connectivity index (χ3v) is 7.05. The first-order valence-corrected chi connectivity index (χ1v) is 11.3.